The fourth-order valence-corrected chi connectivity index (χ4v) is 1.55. The number of nitrogens with zero attached hydrogens (tertiary/aromatic N) is 2. The van der Waals surface area contributed by atoms with Gasteiger partial charge in [-0.1, -0.05) is 32.6 Å². The van der Waals surface area contributed by atoms with Crippen LogP contribution in [0, 0.1) is 0 Å². The van der Waals surface area contributed by atoms with Gasteiger partial charge < -0.3 is 9.73 Å². The summed E-state index contributed by atoms with van der Waals surface area (Å²) >= 11 is 0. The van der Waals surface area contributed by atoms with Gasteiger partial charge in [0, 0.05) is 6.42 Å². The SMILES string of the molecule is CCCCCCCc1nnc(C(C)NC)o1. The summed E-state index contributed by atoms with van der Waals surface area (Å²) in [5.41, 5.74) is 0. The van der Waals surface area contributed by atoms with Gasteiger partial charge in [0.05, 0.1) is 6.04 Å². The Hall–Kier alpha value is -0.900. The number of aromatic nitrogens is 2. The molecule has 1 heterocycles. The van der Waals surface area contributed by atoms with Gasteiger partial charge in [-0.25, -0.2) is 0 Å². The second-order valence-corrected chi connectivity index (χ2v) is 4.21. The molecule has 16 heavy (non-hydrogen) atoms. The lowest BCUT2D eigenvalue weighted by atomic mass is 10.1. The van der Waals surface area contributed by atoms with Gasteiger partial charge in [0.15, 0.2) is 0 Å². The molecule has 0 fully saturated rings. The maximum absolute atomic E-state index is 5.56. The van der Waals surface area contributed by atoms with Crippen LogP contribution >= 0.6 is 0 Å². The van der Waals surface area contributed by atoms with E-state index < -0.39 is 0 Å². The van der Waals surface area contributed by atoms with E-state index in [0.717, 1.165) is 18.7 Å². The number of hydrogen-bond acceptors (Lipinski definition) is 4. The van der Waals surface area contributed by atoms with E-state index in [4.69, 9.17) is 4.42 Å². The number of aryl methyl sites for hydroxylation is 1. The molecule has 1 atom stereocenters. The minimum absolute atomic E-state index is 0.140. The zero-order chi connectivity index (χ0) is 11.8. The van der Waals surface area contributed by atoms with E-state index in [-0.39, 0.29) is 6.04 Å². The van der Waals surface area contributed by atoms with Crippen LogP contribution in [-0.4, -0.2) is 17.2 Å². The number of nitrogens with one attached hydrogen (secondary N) is 1. The van der Waals surface area contributed by atoms with Crippen LogP contribution in [0.15, 0.2) is 4.42 Å². The first-order chi connectivity index (χ1) is 7.77. The highest BCUT2D eigenvalue weighted by atomic mass is 16.4. The lowest BCUT2D eigenvalue weighted by Gasteiger charge is -2.02. The molecule has 1 unspecified atom stereocenters. The highest BCUT2D eigenvalue weighted by Crippen LogP contribution is 2.12. The van der Waals surface area contributed by atoms with Gasteiger partial charge >= 0.3 is 0 Å². The summed E-state index contributed by atoms with van der Waals surface area (Å²) < 4.78 is 5.56. The van der Waals surface area contributed by atoms with E-state index in [1.807, 2.05) is 14.0 Å². The monoisotopic (exact) mass is 225 g/mol. The zero-order valence-electron chi connectivity index (χ0n) is 10.6. The van der Waals surface area contributed by atoms with E-state index in [0.29, 0.717) is 5.89 Å². The van der Waals surface area contributed by atoms with Gasteiger partial charge in [0.1, 0.15) is 0 Å². The maximum atomic E-state index is 5.56. The van der Waals surface area contributed by atoms with Crippen LogP contribution in [0.5, 0.6) is 0 Å². The molecule has 4 nitrogen and oxygen atoms in total. The predicted molar refractivity (Wildman–Crippen MR) is 64.2 cm³/mol. The van der Waals surface area contributed by atoms with Crippen LogP contribution in [0.2, 0.25) is 0 Å². The highest BCUT2D eigenvalue weighted by Gasteiger charge is 2.11. The average molecular weight is 225 g/mol. The third-order valence-corrected chi connectivity index (χ3v) is 2.78. The molecule has 0 aromatic carbocycles. The molecule has 1 aromatic rings. The van der Waals surface area contributed by atoms with Crippen molar-refractivity contribution in [3.05, 3.63) is 11.8 Å². The van der Waals surface area contributed by atoms with E-state index in [9.17, 15) is 0 Å². The van der Waals surface area contributed by atoms with Gasteiger partial charge in [-0.3, -0.25) is 0 Å². The Kier molecular flexibility index (Phi) is 6.08. The molecule has 0 aliphatic rings. The molecule has 4 heteroatoms. The predicted octanol–water partition coefficient (Wildman–Crippen LogP) is 2.86. The molecule has 0 saturated heterocycles. The van der Waals surface area contributed by atoms with Gasteiger partial charge in [-0.2, -0.15) is 0 Å². The third kappa shape index (κ3) is 4.31. The Morgan fingerprint density at radius 3 is 2.62 bits per heavy atom. The van der Waals surface area contributed by atoms with Gasteiger partial charge in [0.25, 0.3) is 0 Å². The minimum atomic E-state index is 0.140. The molecule has 1 rings (SSSR count). The zero-order valence-corrected chi connectivity index (χ0v) is 10.6. The van der Waals surface area contributed by atoms with Crippen molar-refractivity contribution in [2.45, 2.75) is 58.4 Å². The molecular weight excluding hydrogens is 202 g/mol. The Balaban J connectivity index is 2.24. The first-order valence-corrected chi connectivity index (χ1v) is 6.27. The lowest BCUT2D eigenvalue weighted by Crippen LogP contribution is -2.12. The summed E-state index contributed by atoms with van der Waals surface area (Å²) in [5.74, 6) is 1.46. The van der Waals surface area contributed by atoms with Gasteiger partial charge in [-0.05, 0) is 20.4 Å². The van der Waals surface area contributed by atoms with Crippen LogP contribution in [0.4, 0.5) is 0 Å². The topological polar surface area (TPSA) is 51.0 Å². The van der Waals surface area contributed by atoms with Crippen molar-refractivity contribution < 1.29 is 4.42 Å². The van der Waals surface area contributed by atoms with E-state index in [1.165, 1.54) is 25.7 Å². The molecule has 0 radical (unpaired) electrons. The molecule has 0 saturated carbocycles. The van der Waals surface area contributed by atoms with Gasteiger partial charge in [-0.15, -0.1) is 10.2 Å². The second kappa shape index (κ2) is 7.39. The van der Waals surface area contributed by atoms with E-state index in [1.54, 1.807) is 0 Å². The van der Waals surface area contributed by atoms with Crippen LogP contribution in [0.3, 0.4) is 0 Å². The summed E-state index contributed by atoms with van der Waals surface area (Å²) in [6.07, 6.45) is 7.23. The average Bonchev–Trinajstić information content (AvgIpc) is 2.76. The quantitative estimate of drug-likeness (QED) is 0.691. The molecule has 1 N–H and O–H groups in total. The highest BCUT2D eigenvalue weighted by molar-refractivity contribution is 4.87. The smallest absolute Gasteiger partial charge is 0.233 e. The fourth-order valence-electron chi connectivity index (χ4n) is 1.55. The molecule has 0 spiro atoms. The summed E-state index contributed by atoms with van der Waals surface area (Å²) in [5, 5.41) is 11.2. The lowest BCUT2D eigenvalue weighted by molar-refractivity contribution is 0.400. The minimum Gasteiger partial charge on any atom is -0.424 e. The van der Waals surface area contributed by atoms with Crippen molar-refractivity contribution in [2.24, 2.45) is 0 Å². The number of hydrogen-bond donors (Lipinski definition) is 1. The van der Waals surface area contributed by atoms with Crippen molar-refractivity contribution in [1.82, 2.24) is 15.5 Å². The van der Waals surface area contributed by atoms with Crippen molar-refractivity contribution in [2.75, 3.05) is 7.05 Å². The number of unbranched alkanes of at least 4 members (excludes halogenated alkanes) is 4. The Labute approximate surface area is 97.8 Å². The largest absolute Gasteiger partial charge is 0.424 e. The summed E-state index contributed by atoms with van der Waals surface area (Å²) in [4.78, 5) is 0. The normalized spacial score (nSPS) is 12.9. The summed E-state index contributed by atoms with van der Waals surface area (Å²) in [6, 6.07) is 0.140. The Morgan fingerprint density at radius 1 is 1.19 bits per heavy atom. The van der Waals surface area contributed by atoms with Crippen LogP contribution in [0.1, 0.15) is 63.8 Å². The van der Waals surface area contributed by atoms with E-state index in [2.05, 4.69) is 22.4 Å². The first-order valence-electron chi connectivity index (χ1n) is 6.27. The Morgan fingerprint density at radius 2 is 1.94 bits per heavy atom. The molecule has 0 amide bonds. The Bertz CT molecular complexity index is 286. The molecule has 0 aliphatic carbocycles. The summed E-state index contributed by atoms with van der Waals surface area (Å²) in [6.45, 7) is 4.24. The van der Waals surface area contributed by atoms with Crippen molar-refractivity contribution in [3.63, 3.8) is 0 Å². The van der Waals surface area contributed by atoms with Gasteiger partial charge in [0.2, 0.25) is 11.8 Å². The first kappa shape index (κ1) is 13.2. The standard InChI is InChI=1S/C12H23N3O/c1-4-5-6-7-8-9-11-14-15-12(16-11)10(2)13-3/h10,13H,4-9H2,1-3H3. The molecular formula is C12H23N3O. The van der Waals surface area contributed by atoms with Crippen molar-refractivity contribution in [3.8, 4) is 0 Å². The van der Waals surface area contributed by atoms with Crippen LogP contribution in [-0.2, 0) is 6.42 Å². The van der Waals surface area contributed by atoms with Crippen molar-refractivity contribution in [1.29, 1.82) is 0 Å². The van der Waals surface area contributed by atoms with Crippen molar-refractivity contribution >= 4 is 0 Å². The molecule has 0 aliphatic heterocycles. The maximum Gasteiger partial charge on any atom is 0.233 e. The van der Waals surface area contributed by atoms with Crippen LogP contribution in [0.25, 0.3) is 0 Å². The van der Waals surface area contributed by atoms with E-state index >= 15 is 0 Å². The molecule has 92 valence electrons. The number of rotatable bonds is 8. The molecule has 0 bridgehead atoms. The van der Waals surface area contributed by atoms with Crippen LogP contribution < -0.4 is 5.32 Å². The second-order valence-electron chi connectivity index (χ2n) is 4.21. The molecule has 1 aromatic heterocycles. The summed E-state index contributed by atoms with van der Waals surface area (Å²) in [7, 11) is 1.89. The fraction of sp³-hybridized carbons (Fsp3) is 0.833. The third-order valence-electron chi connectivity index (χ3n) is 2.78.